The molecule has 0 aromatic heterocycles. The van der Waals surface area contributed by atoms with Gasteiger partial charge in [0.2, 0.25) is 11.8 Å². The van der Waals surface area contributed by atoms with Gasteiger partial charge in [0.1, 0.15) is 17.8 Å². The first-order chi connectivity index (χ1) is 18.7. The zero-order chi connectivity index (χ0) is 28.4. The van der Waals surface area contributed by atoms with Gasteiger partial charge in [-0.05, 0) is 47.4 Å². The molecule has 0 aliphatic carbocycles. The van der Waals surface area contributed by atoms with E-state index in [0.717, 1.165) is 34.1 Å². The summed E-state index contributed by atoms with van der Waals surface area (Å²) in [5.74, 6) is -1.86. The minimum atomic E-state index is -1.17. The number of carbonyl (C=O) groups is 3. The summed E-state index contributed by atoms with van der Waals surface area (Å²) in [6, 6.07) is 18.6. The van der Waals surface area contributed by atoms with Crippen LogP contribution in [0.15, 0.2) is 91.0 Å². The number of ether oxygens (including phenoxy) is 1. The van der Waals surface area contributed by atoms with E-state index in [-0.39, 0.29) is 18.7 Å². The summed E-state index contributed by atoms with van der Waals surface area (Å²) in [5, 5.41) is 17.1. The number of nitrogens with one attached hydrogen (secondary N) is 2. The monoisotopic (exact) mass is 528 g/mol. The molecule has 0 bridgehead atoms. The quantitative estimate of drug-likeness (QED) is 0.266. The lowest BCUT2D eigenvalue weighted by Gasteiger charge is -2.23. The molecule has 3 aromatic rings. The number of hydrogen-bond acceptors (Lipinski definition) is 4. The number of benzene rings is 3. The molecule has 0 spiro atoms. The highest BCUT2D eigenvalue weighted by Gasteiger charge is 2.28. The Morgan fingerprint density at radius 1 is 0.949 bits per heavy atom. The van der Waals surface area contributed by atoms with Crippen LogP contribution >= 0.6 is 0 Å². The third-order valence-electron chi connectivity index (χ3n) is 6.55. The molecule has 7 nitrogen and oxygen atoms in total. The van der Waals surface area contributed by atoms with Crippen LogP contribution in [-0.2, 0) is 20.8 Å². The molecule has 0 aliphatic heterocycles. The van der Waals surface area contributed by atoms with E-state index in [0.29, 0.717) is 5.57 Å². The summed E-state index contributed by atoms with van der Waals surface area (Å²) in [5.41, 5.74) is 2.23. The average molecular weight is 529 g/mol. The van der Waals surface area contributed by atoms with Crippen LogP contribution in [0.25, 0.3) is 10.8 Å². The van der Waals surface area contributed by atoms with Crippen molar-refractivity contribution >= 4 is 28.6 Å². The fraction of sp³-hybridized carbons (Fsp3) is 0.281. The Hall–Kier alpha value is -4.39. The van der Waals surface area contributed by atoms with Crippen LogP contribution in [0.4, 0.5) is 0 Å². The van der Waals surface area contributed by atoms with Gasteiger partial charge in [0, 0.05) is 12.8 Å². The van der Waals surface area contributed by atoms with E-state index in [4.69, 9.17) is 4.74 Å². The first-order valence-electron chi connectivity index (χ1n) is 13.0. The van der Waals surface area contributed by atoms with Crippen LogP contribution < -0.4 is 15.4 Å². The van der Waals surface area contributed by atoms with Crippen molar-refractivity contribution in [3.63, 3.8) is 0 Å². The smallest absolute Gasteiger partial charge is 0.326 e. The van der Waals surface area contributed by atoms with Gasteiger partial charge in [-0.1, -0.05) is 85.8 Å². The van der Waals surface area contributed by atoms with E-state index in [9.17, 15) is 19.5 Å². The normalized spacial score (nSPS) is 13.4. The Kier molecular flexibility index (Phi) is 10.4. The van der Waals surface area contributed by atoms with Gasteiger partial charge in [0.15, 0.2) is 0 Å². The molecule has 2 amide bonds. The molecule has 0 aliphatic rings. The number of allylic oxidation sites excluding steroid dienone is 2. The van der Waals surface area contributed by atoms with Crippen LogP contribution in [0.1, 0.15) is 43.7 Å². The zero-order valence-electron chi connectivity index (χ0n) is 22.6. The SMILES string of the molecule is C=C(C=CCC)CC(NC(=O)C(Cc1ccccc1)NC(=O)C(C)c1ccc2cc(OC)ccc2c1)C(=O)O. The molecule has 0 heterocycles. The topological polar surface area (TPSA) is 105 Å². The van der Waals surface area contributed by atoms with Gasteiger partial charge in [-0.2, -0.15) is 0 Å². The highest BCUT2D eigenvalue weighted by Crippen LogP contribution is 2.25. The van der Waals surface area contributed by atoms with E-state index in [2.05, 4.69) is 17.2 Å². The standard InChI is InChI=1S/C32H36N2O5/c1-5-6-10-21(2)17-29(32(37)38)34-31(36)28(18-23-11-8-7-9-12-23)33-30(35)22(3)24-13-14-26-20-27(39-4)16-15-25(26)19-24/h6-16,19-20,22,28-29H,2,5,17-18H2,1,3-4H3,(H,33,35)(H,34,36)(H,37,38). The number of aliphatic carboxylic acids is 1. The number of carbonyl (C=O) groups excluding carboxylic acids is 2. The minimum Gasteiger partial charge on any atom is -0.497 e. The fourth-order valence-corrected chi connectivity index (χ4v) is 4.23. The second-order valence-electron chi connectivity index (χ2n) is 9.52. The second kappa shape index (κ2) is 14.0. The van der Waals surface area contributed by atoms with Crippen LogP contribution in [-0.4, -0.2) is 42.1 Å². The molecule has 3 atom stereocenters. The average Bonchev–Trinajstić information content (AvgIpc) is 2.94. The van der Waals surface area contributed by atoms with Crippen molar-refractivity contribution in [3.05, 3.63) is 102 Å². The molecule has 3 aromatic carbocycles. The van der Waals surface area contributed by atoms with Crippen molar-refractivity contribution in [3.8, 4) is 5.75 Å². The summed E-state index contributed by atoms with van der Waals surface area (Å²) >= 11 is 0. The summed E-state index contributed by atoms with van der Waals surface area (Å²) in [4.78, 5) is 38.6. The highest BCUT2D eigenvalue weighted by atomic mass is 16.5. The number of amides is 2. The van der Waals surface area contributed by atoms with Crippen molar-refractivity contribution < 1.29 is 24.2 Å². The molecule has 0 fully saturated rings. The maximum atomic E-state index is 13.4. The lowest BCUT2D eigenvalue weighted by Crippen LogP contribution is -2.53. The van der Waals surface area contributed by atoms with Crippen LogP contribution in [0.5, 0.6) is 5.75 Å². The molecule has 0 saturated heterocycles. The molecule has 3 unspecified atom stereocenters. The van der Waals surface area contributed by atoms with Crippen molar-refractivity contribution in [1.29, 1.82) is 0 Å². The maximum absolute atomic E-state index is 13.4. The molecule has 3 rings (SSSR count). The zero-order valence-corrected chi connectivity index (χ0v) is 22.6. The molecule has 7 heteroatoms. The Balaban J connectivity index is 1.79. The van der Waals surface area contributed by atoms with E-state index in [1.54, 1.807) is 20.1 Å². The predicted octanol–water partition coefficient (Wildman–Crippen LogP) is 5.16. The molecule has 0 saturated carbocycles. The van der Waals surface area contributed by atoms with Crippen molar-refractivity contribution in [2.75, 3.05) is 7.11 Å². The van der Waals surface area contributed by atoms with Crippen molar-refractivity contribution in [2.45, 2.75) is 51.1 Å². The summed E-state index contributed by atoms with van der Waals surface area (Å²) in [6.45, 7) is 7.64. The molecule has 0 radical (unpaired) electrons. The maximum Gasteiger partial charge on any atom is 0.326 e. The Labute approximate surface area is 229 Å². The number of methoxy groups -OCH3 is 1. The molecule has 3 N–H and O–H groups in total. The van der Waals surface area contributed by atoms with Gasteiger partial charge in [-0.25, -0.2) is 4.79 Å². The lowest BCUT2D eigenvalue weighted by atomic mass is 9.96. The summed E-state index contributed by atoms with van der Waals surface area (Å²) < 4.78 is 5.29. The van der Waals surface area contributed by atoms with E-state index in [1.165, 1.54) is 0 Å². The number of rotatable bonds is 13. The molecule has 39 heavy (non-hydrogen) atoms. The van der Waals surface area contributed by atoms with Gasteiger partial charge < -0.3 is 20.5 Å². The Morgan fingerprint density at radius 3 is 2.28 bits per heavy atom. The largest absolute Gasteiger partial charge is 0.497 e. The van der Waals surface area contributed by atoms with E-state index in [1.807, 2.05) is 79.7 Å². The molecular formula is C32H36N2O5. The highest BCUT2D eigenvalue weighted by molar-refractivity contribution is 5.93. The predicted molar refractivity (Wildman–Crippen MR) is 154 cm³/mol. The third kappa shape index (κ3) is 8.30. The van der Waals surface area contributed by atoms with Crippen LogP contribution in [0.2, 0.25) is 0 Å². The van der Waals surface area contributed by atoms with E-state index >= 15 is 0 Å². The van der Waals surface area contributed by atoms with E-state index < -0.39 is 29.9 Å². The number of hydrogen-bond donors (Lipinski definition) is 3. The van der Waals surface area contributed by atoms with Crippen LogP contribution in [0.3, 0.4) is 0 Å². The van der Waals surface area contributed by atoms with Crippen molar-refractivity contribution in [1.82, 2.24) is 10.6 Å². The Bertz CT molecular complexity index is 1350. The summed E-state index contributed by atoms with van der Waals surface area (Å²) in [6.07, 6.45) is 4.70. The Morgan fingerprint density at radius 2 is 1.62 bits per heavy atom. The lowest BCUT2D eigenvalue weighted by molar-refractivity contribution is -0.142. The molecular weight excluding hydrogens is 492 g/mol. The first kappa shape index (κ1) is 29.2. The van der Waals surface area contributed by atoms with Crippen molar-refractivity contribution in [2.24, 2.45) is 0 Å². The van der Waals surface area contributed by atoms with Gasteiger partial charge in [0.05, 0.1) is 13.0 Å². The number of carboxylic acid groups (broad SMARTS) is 1. The third-order valence-corrected chi connectivity index (χ3v) is 6.55. The number of fused-ring (bicyclic) bond motifs is 1. The number of carboxylic acids is 1. The molecule has 204 valence electrons. The van der Waals surface area contributed by atoms with Crippen LogP contribution in [0, 0.1) is 0 Å². The minimum absolute atomic E-state index is 0.0574. The van der Waals surface area contributed by atoms with Gasteiger partial charge in [-0.3, -0.25) is 9.59 Å². The van der Waals surface area contributed by atoms with Gasteiger partial charge in [-0.15, -0.1) is 0 Å². The first-order valence-corrected chi connectivity index (χ1v) is 13.0. The fourth-order valence-electron chi connectivity index (χ4n) is 4.23. The van der Waals surface area contributed by atoms with Gasteiger partial charge >= 0.3 is 5.97 Å². The van der Waals surface area contributed by atoms with Gasteiger partial charge in [0.25, 0.3) is 0 Å². The summed E-state index contributed by atoms with van der Waals surface area (Å²) in [7, 11) is 1.61. The second-order valence-corrected chi connectivity index (χ2v) is 9.52.